The van der Waals surface area contributed by atoms with E-state index in [2.05, 4.69) is 11.2 Å². The summed E-state index contributed by atoms with van der Waals surface area (Å²) in [5, 5.41) is 11.1. The number of terminal acetylenes is 1. The fourth-order valence-corrected chi connectivity index (χ4v) is 1.24. The molecule has 1 amide bonds. The van der Waals surface area contributed by atoms with E-state index in [4.69, 9.17) is 22.0 Å². The second-order valence-electron chi connectivity index (χ2n) is 3.99. The highest BCUT2D eigenvalue weighted by atomic mass is 16.6. The quantitative estimate of drug-likeness (QED) is 0.438. The first-order valence-corrected chi connectivity index (χ1v) is 5.83. The van der Waals surface area contributed by atoms with Crippen LogP contribution in [0.5, 0.6) is 0 Å². The topological polar surface area (TPSA) is 102 Å². The van der Waals surface area contributed by atoms with Gasteiger partial charge >= 0.3 is 12.1 Å². The number of nitrogens with one attached hydrogen (secondary N) is 1. The molecular formula is C12H20N2O4. The number of hydrogen-bond donors (Lipinski definition) is 3. The average molecular weight is 256 g/mol. The van der Waals surface area contributed by atoms with E-state index in [0.29, 0.717) is 32.2 Å². The van der Waals surface area contributed by atoms with Crippen LogP contribution in [0.15, 0.2) is 0 Å². The summed E-state index contributed by atoms with van der Waals surface area (Å²) in [5.41, 5.74) is 5.33. The Labute approximate surface area is 107 Å². The van der Waals surface area contributed by atoms with Crippen LogP contribution in [-0.2, 0) is 9.53 Å². The molecule has 0 aliphatic carbocycles. The van der Waals surface area contributed by atoms with Crippen molar-refractivity contribution in [3.63, 3.8) is 0 Å². The van der Waals surface area contributed by atoms with Crippen LogP contribution in [0.4, 0.5) is 4.79 Å². The summed E-state index contributed by atoms with van der Waals surface area (Å²) >= 11 is 0. The molecule has 0 heterocycles. The van der Waals surface area contributed by atoms with Crippen LogP contribution < -0.4 is 11.1 Å². The SMILES string of the molecule is C#CCC(C)OC(=O)NCCCC[C@H](N)C(=O)O. The van der Waals surface area contributed by atoms with E-state index in [1.54, 1.807) is 6.92 Å². The third-order valence-corrected chi connectivity index (χ3v) is 2.24. The summed E-state index contributed by atoms with van der Waals surface area (Å²) in [7, 11) is 0. The summed E-state index contributed by atoms with van der Waals surface area (Å²) < 4.78 is 4.95. The van der Waals surface area contributed by atoms with Gasteiger partial charge in [0.2, 0.25) is 0 Å². The van der Waals surface area contributed by atoms with Gasteiger partial charge in [0, 0.05) is 13.0 Å². The van der Waals surface area contributed by atoms with Gasteiger partial charge in [0.1, 0.15) is 12.1 Å². The van der Waals surface area contributed by atoms with E-state index in [1.165, 1.54) is 0 Å². The molecule has 2 atom stereocenters. The number of nitrogens with two attached hydrogens (primary N) is 1. The van der Waals surface area contributed by atoms with Gasteiger partial charge in [-0.3, -0.25) is 4.79 Å². The first kappa shape index (κ1) is 16.3. The van der Waals surface area contributed by atoms with Crippen LogP contribution in [0, 0.1) is 12.3 Å². The van der Waals surface area contributed by atoms with Gasteiger partial charge in [0.15, 0.2) is 0 Å². The van der Waals surface area contributed by atoms with Gasteiger partial charge in [-0.2, -0.15) is 0 Å². The number of amides is 1. The summed E-state index contributed by atoms with van der Waals surface area (Å²) in [6.45, 7) is 2.14. The maximum atomic E-state index is 11.2. The van der Waals surface area contributed by atoms with E-state index >= 15 is 0 Å². The molecule has 6 nitrogen and oxygen atoms in total. The Balaban J connectivity index is 3.52. The van der Waals surface area contributed by atoms with Gasteiger partial charge < -0.3 is 20.9 Å². The smallest absolute Gasteiger partial charge is 0.407 e. The van der Waals surface area contributed by atoms with Gasteiger partial charge in [0.25, 0.3) is 0 Å². The highest BCUT2D eigenvalue weighted by Gasteiger charge is 2.10. The van der Waals surface area contributed by atoms with Crippen LogP contribution >= 0.6 is 0 Å². The van der Waals surface area contributed by atoms with E-state index in [9.17, 15) is 9.59 Å². The first-order chi connectivity index (χ1) is 8.47. The normalized spacial score (nSPS) is 13.2. The summed E-state index contributed by atoms with van der Waals surface area (Å²) in [4.78, 5) is 21.6. The zero-order chi connectivity index (χ0) is 14.0. The van der Waals surface area contributed by atoms with E-state index in [-0.39, 0.29) is 6.10 Å². The van der Waals surface area contributed by atoms with Crippen LogP contribution in [0.25, 0.3) is 0 Å². The standard InChI is InChI=1S/C12H20N2O4/c1-3-6-9(2)18-12(17)14-8-5-4-7-10(13)11(15)16/h1,9-10H,4-8,13H2,2H3,(H,14,17)(H,15,16)/t9?,10-/m0/s1. The predicted octanol–water partition coefficient (Wildman–Crippen LogP) is 0.707. The van der Waals surface area contributed by atoms with Gasteiger partial charge in [-0.05, 0) is 26.2 Å². The lowest BCUT2D eigenvalue weighted by atomic mass is 10.1. The summed E-state index contributed by atoms with van der Waals surface area (Å²) in [5.74, 6) is 1.39. The van der Waals surface area contributed by atoms with Crippen molar-refractivity contribution >= 4 is 12.1 Å². The molecule has 0 bridgehead atoms. The number of unbranched alkanes of at least 4 members (excludes halogenated alkanes) is 1. The van der Waals surface area contributed by atoms with Crippen LogP contribution in [0.1, 0.15) is 32.6 Å². The number of ether oxygens (including phenoxy) is 1. The van der Waals surface area contributed by atoms with Crippen molar-refractivity contribution in [1.29, 1.82) is 0 Å². The third-order valence-electron chi connectivity index (χ3n) is 2.24. The van der Waals surface area contributed by atoms with Crippen LogP contribution in [0.2, 0.25) is 0 Å². The maximum Gasteiger partial charge on any atom is 0.407 e. The average Bonchev–Trinajstić information content (AvgIpc) is 2.28. The number of hydrogen-bond acceptors (Lipinski definition) is 4. The molecule has 102 valence electrons. The van der Waals surface area contributed by atoms with Crippen molar-refractivity contribution in [3.05, 3.63) is 0 Å². The maximum absolute atomic E-state index is 11.2. The van der Waals surface area contributed by atoms with Gasteiger partial charge in [-0.15, -0.1) is 12.3 Å². The molecule has 0 rings (SSSR count). The van der Waals surface area contributed by atoms with Crippen molar-refractivity contribution in [2.24, 2.45) is 5.73 Å². The minimum atomic E-state index is -1.01. The largest absolute Gasteiger partial charge is 0.480 e. The number of carboxylic acid groups (broad SMARTS) is 1. The molecule has 1 unspecified atom stereocenters. The first-order valence-electron chi connectivity index (χ1n) is 5.83. The summed E-state index contributed by atoms with van der Waals surface area (Å²) in [6.07, 6.45) is 6.30. The molecule has 0 saturated carbocycles. The molecule has 0 aromatic rings. The third kappa shape index (κ3) is 8.42. The van der Waals surface area contributed by atoms with Gasteiger partial charge in [-0.1, -0.05) is 0 Å². The molecule has 6 heteroatoms. The molecule has 0 spiro atoms. The number of carbonyl (C=O) groups is 2. The van der Waals surface area contributed by atoms with E-state index in [1.807, 2.05) is 0 Å². The molecule has 0 aromatic carbocycles. The van der Waals surface area contributed by atoms with E-state index < -0.39 is 18.1 Å². The fraction of sp³-hybridized carbons (Fsp3) is 0.667. The summed E-state index contributed by atoms with van der Waals surface area (Å²) in [6, 6.07) is -0.840. The number of alkyl carbamates (subject to hydrolysis) is 1. The van der Waals surface area contributed by atoms with Crippen LogP contribution in [0.3, 0.4) is 0 Å². The highest BCUT2D eigenvalue weighted by Crippen LogP contribution is 1.99. The molecule has 0 fully saturated rings. The number of carbonyl (C=O) groups excluding carboxylic acids is 1. The fourth-order valence-electron chi connectivity index (χ4n) is 1.24. The Morgan fingerprint density at radius 3 is 2.72 bits per heavy atom. The Morgan fingerprint density at radius 1 is 1.50 bits per heavy atom. The van der Waals surface area contributed by atoms with Gasteiger partial charge in [-0.25, -0.2) is 4.79 Å². The zero-order valence-corrected chi connectivity index (χ0v) is 10.5. The Bertz CT molecular complexity index is 312. The minimum absolute atomic E-state index is 0.310. The van der Waals surface area contributed by atoms with Crippen LogP contribution in [-0.4, -0.2) is 35.9 Å². The van der Waals surface area contributed by atoms with Crippen molar-refractivity contribution in [2.45, 2.75) is 44.8 Å². The molecule has 0 aliphatic rings. The molecule has 4 N–H and O–H groups in total. The molecule has 18 heavy (non-hydrogen) atoms. The number of rotatable bonds is 8. The lowest BCUT2D eigenvalue weighted by Crippen LogP contribution is -2.31. The second kappa shape index (κ2) is 9.31. The second-order valence-corrected chi connectivity index (χ2v) is 3.99. The lowest BCUT2D eigenvalue weighted by molar-refractivity contribution is -0.138. The molecule has 0 aromatic heterocycles. The van der Waals surface area contributed by atoms with Crippen molar-refractivity contribution in [3.8, 4) is 12.3 Å². The number of carboxylic acids is 1. The van der Waals surface area contributed by atoms with Crippen molar-refractivity contribution in [1.82, 2.24) is 5.32 Å². The molecular weight excluding hydrogens is 236 g/mol. The van der Waals surface area contributed by atoms with Crippen molar-refractivity contribution in [2.75, 3.05) is 6.54 Å². The monoisotopic (exact) mass is 256 g/mol. The molecule has 0 radical (unpaired) electrons. The lowest BCUT2D eigenvalue weighted by Gasteiger charge is -2.11. The van der Waals surface area contributed by atoms with Crippen molar-refractivity contribution < 1.29 is 19.4 Å². The predicted molar refractivity (Wildman–Crippen MR) is 66.9 cm³/mol. The van der Waals surface area contributed by atoms with Gasteiger partial charge in [0.05, 0.1) is 0 Å². The Morgan fingerprint density at radius 2 is 2.17 bits per heavy atom. The number of aliphatic carboxylic acids is 1. The highest BCUT2D eigenvalue weighted by molar-refractivity contribution is 5.72. The van der Waals surface area contributed by atoms with E-state index in [0.717, 1.165) is 0 Å². The minimum Gasteiger partial charge on any atom is -0.480 e. The Kier molecular flexibility index (Phi) is 8.41. The molecule has 0 saturated heterocycles. The Hall–Kier alpha value is -1.74. The molecule has 0 aliphatic heterocycles. The zero-order valence-electron chi connectivity index (χ0n) is 10.5.